The van der Waals surface area contributed by atoms with Crippen molar-refractivity contribution in [2.75, 3.05) is 19.3 Å². The molecular weight excluding hydrogens is 551 g/mol. The van der Waals surface area contributed by atoms with Crippen molar-refractivity contribution in [1.29, 1.82) is 0 Å². The van der Waals surface area contributed by atoms with Crippen molar-refractivity contribution >= 4 is 41.1 Å². The number of carbonyl (C=O) groups is 4. The number of carboxylic acids is 1. The van der Waals surface area contributed by atoms with Gasteiger partial charge in [-0.3, -0.25) is 4.79 Å². The standard InChI is InChI=1S/C23H25BN4O11S/c1-11-13(6-7-15(29)18(11)30)17(26-22(34)27-8-9-28(23(27)35)40(2,37)38)20(31)25-16-10-12-4-3-5-14(21(32)33)19(12)39-24(16)36/h3-7,16-17,29-30,36H,8-10H2,1-2H3,(H,25,31)(H,26,34)(H,32,33)/t16-,17?/m0/s1. The Kier molecular flexibility index (Phi) is 7.54. The molecule has 0 aromatic heterocycles. The molecule has 5 amide bonds. The van der Waals surface area contributed by atoms with Gasteiger partial charge in [-0.25, -0.2) is 32.0 Å². The van der Waals surface area contributed by atoms with Crippen LogP contribution in [-0.2, 0) is 21.2 Å². The second-order valence-electron chi connectivity index (χ2n) is 9.23. The van der Waals surface area contributed by atoms with E-state index in [-0.39, 0.29) is 42.0 Å². The number of imide groups is 1. The van der Waals surface area contributed by atoms with E-state index in [9.17, 15) is 47.9 Å². The molecule has 1 fully saturated rings. The van der Waals surface area contributed by atoms with E-state index >= 15 is 0 Å². The number of rotatable bonds is 6. The van der Waals surface area contributed by atoms with Crippen molar-refractivity contribution in [2.24, 2.45) is 0 Å². The van der Waals surface area contributed by atoms with Gasteiger partial charge in [0.2, 0.25) is 15.9 Å². The Morgan fingerprint density at radius 2 is 1.85 bits per heavy atom. The third kappa shape index (κ3) is 5.33. The Hall–Kier alpha value is -4.51. The van der Waals surface area contributed by atoms with E-state index in [0.29, 0.717) is 14.8 Å². The van der Waals surface area contributed by atoms with Gasteiger partial charge in [0.25, 0.3) is 0 Å². The van der Waals surface area contributed by atoms with E-state index < -0.39 is 64.6 Å². The normalized spacial score (nSPS) is 17.6. The van der Waals surface area contributed by atoms with Gasteiger partial charge in [-0.2, -0.15) is 0 Å². The summed E-state index contributed by atoms with van der Waals surface area (Å²) < 4.78 is 29.6. The molecule has 17 heteroatoms. The van der Waals surface area contributed by atoms with Crippen LogP contribution >= 0.6 is 0 Å². The molecule has 0 spiro atoms. The second-order valence-corrected chi connectivity index (χ2v) is 11.1. The zero-order valence-corrected chi connectivity index (χ0v) is 22.0. The van der Waals surface area contributed by atoms with Crippen LogP contribution in [0.5, 0.6) is 17.2 Å². The molecule has 2 aliphatic rings. The molecule has 1 saturated heterocycles. The van der Waals surface area contributed by atoms with Crippen LogP contribution in [0.15, 0.2) is 30.3 Å². The Bertz CT molecular complexity index is 1520. The second kappa shape index (κ2) is 10.6. The van der Waals surface area contributed by atoms with Gasteiger partial charge in [-0.15, -0.1) is 0 Å². The van der Waals surface area contributed by atoms with Gasteiger partial charge in [-0.1, -0.05) is 18.2 Å². The first-order chi connectivity index (χ1) is 18.7. The Balaban J connectivity index is 1.62. The molecule has 6 N–H and O–H groups in total. The number of para-hydroxylation sites is 1. The summed E-state index contributed by atoms with van der Waals surface area (Å²) in [5.74, 6) is -4.42. The van der Waals surface area contributed by atoms with E-state index in [1.165, 1.54) is 25.1 Å². The predicted octanol–water partition coefficient (Wildman–Crippen LogP) is -0.308. The number of nitrogens with one attached hydrogen (secondary N) is 2. The number of urea groups is 2. The van der Waals surface area contributed by atoms with Crippen molar-refractivity contribution in [2.45, 2.75) is 25.3 Å². The summed E-state index contributed by atoms with van der Waals surface area (Å²) in [6.45, 7) is 0.791. The van der Waals surface area contributed by atoms with Crippen LogP contribution in [0.1, 0.15) is 33.1 Å². The molecule has 2 atom stereocenters. The molecule has 2 aromatic rings. The third-order valence-corrected chi connectivity index (χ3v) is 7.73. The van der Waals surface area contributed by atoms with Crippen LogP contribution < -0.4 is 15.3 Å². The van der Waals surface area contributed by atoms with Gasteiger partial charge in [0.05, 0.1) is 30.8 Å². The lowest BCUT2D eigenvalue weighted by molar-refractivity contribution is -0.123. The van der Waals surface area contributed by atoms with Crippen molar-refractivity contribution in [1.82, 2.24) is 19.8 Å². The molecule has 2 aliphatic heterocycles. The number of carboxylic acid groups (broad SMARTS) is 1. The number of carbonyl (C=O) groups excluding carboxylic acids is 3. The van der Waals surface area contributed by atoms with E-state index in [2.05, 4.69) is 10.6 Å². The summed E-state index contributed by atoms with van der Waals surface area (Å²) in [5.41, 5.74) is 0.244. The number of fused-ring (bicyclic) bond motifs is 1. The fourth-order valence-corrected chi connectivity index (χ4v) is 5.29. The highest BCUT2D eigenvalue weighted by molar-refractivity contribution is 7.88. The minimum absolute atomic E-state index is 0.0165. The first-order valence-electron chi connectivity index (χ1n) is 11.8. The summed E-state index contributed by atoms with van der Waals surface area (Å²) in [6.07, 6.45) is 0.762. The highest BCUT2D eigenvalue weighted by atomic mass is 32.2. The number of aromatic carboxylic acids is 1. The van der Waals surface area contributed by atoms with E-state index in [1.54, 1.807) is 6.07 Å². The van der Waals surface area contributed by atoms with Crippen molar-refractivity contribution in [3.63, 3.8) is 0 Å². The molecule has 0 aliphatic carbocycles. The fourth-order valence-electron chi connectivity index (χ4n) is 4.50. The average Bonchev–Trinajstić information content (AvgIpc) is 3.28. The Morgan fingerprint density at radius 3 is 2.48 bits per heavy atom. The lowest BCUT2D eigenvalue weighted by atomic mass is 9.72. The molecule has 2 heterocycles. The number of aromatic hydroxyl groups is 2. The molecular formula is C23H25BN4O11S. The average molecular weight is 576 g/mol. The van der Waals surface area contributed by atoms with Crippen molar-refractivity contribution < 1.29 is 52.6 Å². The lowest BCUT2D eigenvalue weighted by Crippen LogP contribution is -2.56. The quantitative estimate of drug-likeness (QED) is 0.193. The van der Waals surface area contributed by atoms with Crippen molar-refractivity contribution in [3.05, 3.63) is 52.6 Å². The maximum atomic E-state index is 13.5. The highest BCUT2D eigenvalue weighted by Gasteiger charge is 2.42. The summed E-state index contributed by atoms with van der Waals surface area (Å²) in [4.78, 5) is 51.2. The fraction of sp³-hybridized carbons (Fsp3) is 0.304. The number of nitrogens with zero attached hydrogens (tertiary/aromatic N) is 2. The highest BCUT2D eigenvalue weighted by Crippen LogP contribution is 2.34. The van der Waals surface area contributed by atoms with Gasteiger partial charge in [0.1, 0.15) is 11.8 Å². The summed E-state index contributed by atoms with van der Waals surface area (Å²) in [5, 5.41) is 44.9. The van der Waals surface area contributed by atoms with Crippen LogP contribution in [0, 0.1) is 6.92 Å². The molecule has 1 unspecified atom stereocenters. The Morgan fingerprint density at radius 1 is 1.15 bits per heavy atom. The first-order valence-corrected chi connectivity index (χ1v) is 13.7. The third-order valence-electron chi connectivity index (χ3n) is 6.59. The van der Waals surface area contributed by atoms with Gasteiger partial charge in [0, 0.05) is 5.56 Å². The molecule has 0 bridgehead atoms. The van der Waals surface area contributed by atoms with Gasteiger partial charge < -0.3 is 35.6 Å². The molecule has 4 rings (SSSR count). The van der Waals surface area contributed by atoms with Crippen LogP contribution in [-0.4, -0.2) is 94.3 Å². The number of hydrogen-bond donors (Lipinski definition) is 6. The number of amides is 5. The molecule has 2 aromatic carbocycles. The lowest BCUT2D eigenvalue weighted by Gasteiger charge is -2.31. The van der Waals surface area contributed by atoms with Crippen molar-refractivity contribution in [3.8, 4) is 17.2 Å². The van der Waals surface area contributed by atoms with Crippen LogP contribution in [0.25, 0.3) is 0 Å². The minimum Gasteiger partial charge on any atom is -0.534 e. The molecule has 212 valence electrons. The van der Waals surface area contributed by atoms with Gasteiger partial charge in [-0.05, 0) is 36.6 Å². The monoisotopic (exact) mass is 576 g/mol. The number of phenols is 2. The smallest absolute Gasteiger partial charge is 0.534 e. The maximum absolute atomic E-state index is 13.5. The molecule has 15 nitrogen and oxygen atoms in total. The zero-order valence-electron chi connectivity index (χ0n) is 21.2. The topological polar surface area (TPSA) is 223 Å². The molecule has 40 heavy (non-hydrogen) atoms. The van der Waals surface area contributed by atoms with Crippen LogP contribution in [0.2, 0.25) is 0 Å². The predicted molar refractivity (Wildman–Crippen MR) is 137 cm³/mol. The van der Waals surface area contributed by atoms with Gasteiger partial charge >= 0.3 is 25.1 Å². The minimum atomic E-state index is -3.95. The number of phenolic OH excluding ortho intramolecular Hbond substituents is 2. The van der Waals surface area contributed by atoms with Gasteiger partial charge in [0.15, 0.2) is 11.5 Å². The van der Waals surface area contributed by atoms with E-state index in [0.717, 1.165) is 12.3 Å². The Labute approximate surface area is 228 Å². The molecule has 0 saturated carbocycles. The summed E-state index contributed by atoms with van der Waals surface area (Å²) >= 11 is 0. The number of benzene rings is 2. The van der Waals surface area contributed by atoms with Crippen LogP contribution in [0.4, 0.5) is 9.59 Å². The maximum Gasteiger partial charge on any atom is 0.547 e. The summed E-state index contributed by atoms with van der Waals surface area (Å²) in [6, 6.07) is 2.83. The largest absolute Gasteiger partial charge is 0.547 e. The summed E-state index contributed by atoms with van der Waals surface area (Å²) in [7, 11) is -5.62. The zero-order chi connectivity index (χ0) is 29.5. The molecule has 0 radical (unpaired) electrons. The number of hydrogen-bond acceptors (Lipinski definition) is 10. The van der Waals surface area contributed by atoms with E-state index in [1.807, 2.05) is 0 Å². The van der Waals surface area contributed by atoms with E-state index in [4.69, 9.17) is 4.65 Å². The first kappa shape index (κ1) is 28.5. The number of sulfonamides is 1. The van der Waals surface area contributed by atoms with Crippen LogP contribution in [0.3, 0.4) is 0 Å². The SMILES string of the molecule is Cc1c(C(NC(=O)N2CCN(S(C)(=O)=O)C2=O)C(=O)N[C@H]2Cc3cccc(C(=O)O)c3OB2O)ccc(O)c1O.